The molecule has 25 heavy (non-hydrogen) atoms. The lowest BCUT2D eigenvalue weighted by molar-refractivity contribution is -0.123. The van der Waals surface area contributed by atoms with E-state index in [1.165, 1.54) is 0 Å². The highest BCUT2D eigenvalue weighted by atomic mass is 16.5. The van der Waals surface area contributed by atoms with Crippen molar-refractivity contribution in [3.05, 3.63) is 48.4 Å². The monoisotopic (exact) mass is 345 g/mol. The molecule has 7 nitrogen and oxygen atoms in total. The first kappa shape index (κ1) is 18.5. The Labute approximate surface area is 146 Å². The first-order valence-corrected chi connectivity index (χ1v) is 7.93. The molecule has 0 unspecified atom stereocenters. The summed E-state index contributed by atoms with van der Waals surface area (Å²) >= 11 is 0. The SMILES string of the molecule is COc1ccc(NC(=O)CN(C)CC(=O)N[C@H](C)c2ccco2)cc1. The molecule has 2 N–H and O–H groups in total. The van der Waals surface area contributed by atoms with Gasteiger partial charge in [0.15, 0.2) is 0 Å². The Kier molecular flexibility index (Phi) is 6.59. The van der Waals surface area contributed by atoms with Gasteiger partial charge in [0.25, 0.3) is 0 Å². The molecule has 0 saturated carbocycles. The van der Waals surface area contributed by atoms with Crippen LogP contribution < -0.4 is 15.4 Å². The molecule has 0 fully saturated rings. The second-order valence-electron chi connectivity index (χ2n) is 5.75. The van der Waals surface area contributed by atoms with Gasteiger partial charge in [-0.05, 0) is 50.4 Å². The Bertz CT molecular complexity index is 683. The molecule has 1 aromatic heterocycles. The van der Waals surface area contributed by atoms with Crippen LogP contribution in [0.5, 0.6) is 5.75 Å². The van der Waals surface area contributed by atoms with Crippen molar-refractivity contribution in [2.75, 3.05) is 32.6 Å². The molecule has 0 aliphatic rings. The number of amides is 2. The fourth-order valence-electron chi connectivity index (χ4n) is 2.32. The van der Waals surface area contributed by atoms with E-state index >= 15 is 0 Å². The molecule has 7 heteroatoms. The first-order chi connectivity index (χ1) is 12.0. The summed E-state index contributed by atoms with van der Waals surface area (Å²) in [7, 11) is 3.30. The number of anilines is 1. The van der Waals surface area contributed by atoms with Crippen molar-refractivity contribution >= 4 is 17.5 Å². The molecule has 1 aromatic carbocycles. The van der Waals surface area contributed by atoms with E-state index in [2.05, 4.69) is 10.6 Å². The van der Waals surface area contributed by atoms with Crippen LogP contribution in [0.15, 0.2) is 47.1 Å². The number of ether oxygens (including phenoxy) is 1. The molecule has 2 rings (SSSR count). The lowest BCUT2D eigenvalue weighted by Crippen LogP contribution is -2.39. The molecule has 0 saturated heterocycles. The third-order valence-electron chi connectivity index (χ3n) is 3.55. The number of likely N-dealkylation sites (N-methyl/N-ethyl adjacent to an activating group) is 1. The number of methoxy groups -OCH3 is 1. The van der Waals surface area contributed by atoms with Crippen LogP contribution in [0.1, 0.15) is 18.7 Å². The lowest BCUT2D eigenvalue weighted by Gasteiger charge is -2.18. The van der Waals surface area contributed by atoms with Gasteiger partial charge in [-0.15, -0.1) is 0 Å². The summed E-state index contributed by atoms with van der Waals surface area (Å²) in [5.41, 5.74) is 0.676. The van der Waals surface area contributed by atoms with Gasteiger partial charge in [-0.25, -0.2) is 0 Å². The molecular weight excluding hydrogens is 322 g/mol. The second-order valence-corrected chi connectivity index (χ2v) is 5.75. The van der Waals surface area contributed by atoms with Gasteiger partial charge in [-0.1, -0.05) is 0 Å². The number of nitrogens with one attached hydrogen (secondary N) is 2. The van der Waals surface area contributed by atoms with E-state index in [9.17, 15) is 9.59 Å². The van der Waals surface area contributed by atoms with E-state index in [4.69, 9.17) is 9.15 Å². The van der Waals surface area contributed by atoms with Crippen LogP contribution in [0.4, 0.5) is 5.69 Å². The summed E-state index contributed by atoms with van der Waals surface area (Å²) in [6.45, 7) is 2.06. The fourth-order valence-corrected chi connectivity index (χ4v) is 2.32. The van der Waals surface area contributed by atoms with Gasteiger partial charge in [-0.3, -0.25) is 14.5 Å². The van der Waals surface area contributed by atoms with Crippen molar-refractivity contribution in [1.29, 1.82) is 0 Å². The summed E-state index contributed by atoms with van der Waals surface area (Å²) in [5.74, 6) is 1.04. The predicted octanol–water partition coefficient (Wildman–Crippen LogP) is 2.04. The van der Waals surface area contributed by atoms with Crippen LogP contribution >= 0.6 is 0 Å². The highest BCUT2D eigenvalue weighted by molar-refractivity contribution is 5.92. The molecule has 0 radical (unpaired) electrons. The fraction of sp³-hybridized carbons (Fsp3) is 0.333. The Balaban J connectivity index is 1.75. The van der Waals surface area contributed by atoms with Gasteiger partial charge in [0.1, 0.15) is 11.5 Å². The maximum absolute atomic E-state index is 12.0. The smallest absolute Gasteiger partial charge is 0.238 e. The normalized spacial score (nSPS) is 11.8. The molecule has 2 amide bonds. The number of hydrogen-bond donors (Lipinski definition) is 2. The zero-order valence-corrected chi connectivity index (χ0v) is 14.6. The predicted molar refractivity (Wildman–Crippen MR) is 94.4 cm³/mol. The van der Waals surface area contributed by atoms with Crippen LogP contribution in [-0.4, -0.2) is 44.0 Å². The van der Waals surface area contributed by atoms with Gasteiger partial charge in [-0.2, -0.15) is 0 Å². The largest absolute Gasteiger partial charge is 0.497 e. The third kappa shape index (κ3) is 5.96. The number of carbonyl (C=O) groups is 2. The zero-order chi connectivity index (χ0) is 18.2. The molecule has 134 valence electrons. The van der Waals surface area contributed by atoms with E-state index < -0.39 is 0 Å². The average molecular weight is 345 g/mol. The van der Waals surface area contributed by atoms with Crippen molar-refractivity contribution in [2.24, 2.45) is 0 Å². The number of rotatable bonds is 8. The van der Waals surface area contributed by atoms with Crippen LogP contribution in [0.3, 0.4) is 0 Å². The van der Waals surface area contributed by atoms with E-state index in [-0.39, 0.29) is 30.9 Å². The molecule has 0 bridgehead atoms. The number of furan rings is 1. The highest BCUT2D eigenvalue weighted by Crippen LogP contribution is 2.15. The molecular formula is C18H23N3O4. The minimum Gasteiger partial charge on any atom is -0.497 e. The third-order valence-corrected chi connectivity index (χ3v) is 3.55. The van der Waals surface area contributed by atoms with E-state index in [1.807, 2.05) is 6.92 Å². The number of benzene rings is 1. The van der Waals surface area contributed by atoms with Crippen LogP contribution in [0.2, 0.25) is 0 Å². The molecule has 1 heterocycles. The Morgan fingerprint density at radius 3 is 2.44 bits per heavy atom. The molecule has 0 aliphatic carbocycles. The summed E-state index contributed by atoms with van der Waals surface area (Å²) in [6, 6.07) is 10.4. The maximum Gasteiger partial charge on any atom is 0.238 e. The molecule has 1 atom stereocenters. The summed E-state index contributed by atoms with van der Waals surface area (Å²) in [4.78, 5) is 25.7. The Morgan fingerprint density at radius 1 is 1.16 bits per heavy atom. The van der Waals surface area contributed by atoms with Crippen molar-refractivity contribution < 1.29 is 18.7 Å². The minimum absolute atomic E-state index is 0.106. The summed E-state index contributed by atoms with van der Waals surface area (Å²) < 4.78 is 10.3. The van der Waals surface area contributed by atoms with Crippen LogP contribution in [0.25, 0.3) is 0 Å². The lowest BCUT2D eigenvalue weighted by atomic mass is 10.2. The van der Waals surface area contributed by atoms with E-state index in [0.717, 1.165) is 5.75 Å². The van der Waals surface area contributed by atoms with Crippen molar-refractivity contribution in [1.82, 2.24) is 10.2 Å². The quantitative estimate of drug-likeness (QED) is 0.765. The Morgan fingerprint density at radius 2 is 1.84 bits per heavy atom. The number of nitrogens with zero attached hydrogens (tertiary/aromatic N) is 1. The summed E-state index contributed by atoms with van der Waals surface area (Å²) in [6.07, 6.45) is 1.56. The van der Waals surface area contributed by atoms with E-state index in [0.29, 0.717) is 11.4 Å². The standard InChI is InChI=1S/C18H23N3O4/c1-13(16-5-4-10-25-16)19-17(22)11-21(2)12-18(23)20-14-6-8-15(24-3)9-7-14/h4-10,13H,11-12H2,1-3H3,(H,19,22)(H,20,23)/t13-/m1/s1. The number of carbonyl (C=O) groups excluding carboxylic acids is 2. The van der Waals surface area contributed by atoms with E-state index in [1.54, 1.807) is 61.7 Å². The topological polar surface area (TPSA) is 83.8 Å². The second kappa shape index (κ2) is 8.89. The molecule has 2 aromatic rings. The zero-order valence-electron chi connectivity index (χ0n) is 14.6. The van der Waals surface area contributed by atoms with Crippen molar-refractivity contribution in [3.63, 3.8) is 0 Å². The van der Waals surface area contributed by atoms with Crippen LogP contribution in [0, 0.1) is 0 Å². The Hall–Kier alpha value is -2.80. The molecule has 0 aliphatic heterocycles. The molecule has 0 spiro atoms. The average Bonchev–Trinajstić information content (AvgIpc) is 3.09. The minimum atomic E-state index is -0.218. The van der Waals surface area contributed by atoms with Gasteiger partial charge in [0.05, 0.1) is 32.5 Å². The first-order valence-electron chi connectivity index (χ1n) is 7.93. The van der Waals surface area contributed by atoms with Gasteiger partial charge >= 0.3 is 0 Å². The summed E-state index contributed by atoms with van der Waals surface area (Å²) in [5, 5.41) is 5.61. The maximum atomic E-state index is 12.0. The van der Waals surface area contributed by atoms with Crippen molar-refractivity contribution in [3.8, 4) is 5.75 Å². The van der Waals surface area contributed by atoms with Gasteiger partial charge < -0.3 is 19.8 Å². The van der Waals surface area contributed by atoms with Gasteiger partial charge in [0, 0.05) is 5.69 Å². The van der Waals surface area contributed by atoms with Gasteiger partial charge in [0.2, 0.25) is 11.8 Å². The highest BCUT2D eigenvalue weighted by Gasteiger charge is 2.15. The number of hydrogen-bond acceptors (Lipinski definition) is 5. The van der Waals surface area contributed by atoms with Crippen LogP contribution in [-0.2, 0) is 9.59 Å². The van der Waals surface area contributed by atoms with Crippen molar-refractivity contribution in [2.45, 2.75) is 13.0 Å².